The van der Waals surface area contributed by atoms with E-state index < -0.39 is 0 Å². The Morgan fingerprint density at radius 1 is 1.07 bits per heavy atom. The molecule has 2 aromatic rings. The molecule has 0 saturated heterocycles. The highest BCUT2D eigenvalue weighted by Gasteiger charge is 2.28. The summed E-state index contributed by atoms with van der Waals surface area (Å²) in [5.41, 5.74) is 8.71. The summed E-state index contributed by atoms with van der Waals surface area (Å²) in [7, 11) is 0. The quantitative estimate of drug-likeness (QED) is 0.720. The molecule has 4 rings (SSSR count). The second-order valence-corrected chi connectivity index (χ2v) is 7.58. The van der Waals surface area contributed by atoms with Gasteiger partial charge in [0.2, 0.25) is 5.96 Å². The van der Waals surface area contributed by atoms with Crippen LogP contribution in [-0.2, 0) is 0 Å². The number of aryl methyl sites for hydroxylation is 3. The first kappa shape index (κ1) is 19.8. The molecule has 2 aliphatic rings. The van der Waals surface area contributed by atoms with Gasteiger partial charge in [0.05, 0.1) is 12.3 Å². The van der Waals surface area contributed by atoms with Crippen molar-refractivity contribution in [2.24, 2.45) is 9.98 Å². The molecule has 0 bridgehead atoms. The molecule has 0 radical (unpaired) electrons. The zero-order valence-corrected chi connectivity index (χ0v) is 17.7. The van der Waals surface area contributed by atoms with E-state index in [1.54, 1.807) is 0 Å². The second-order valence-electron chi connectivity index (χ2n) is 7.58. The summed E-state index contributed by atoms with van der Waals surface area (Å²) in [6.45, 7) is 11.5. The summed E-state index contributed by atoms with van der Waals surface area (Å²) in [6.07, 6.45) is 2.74. The van der Waals surface area contributed by atoms with Crippen molar-refractivity contribution in [1.29, 1.82) is 0 Å². The van der Waals surface area contributed by atoms with Gasteiger partial charge in [0.1, 0.15) is 17.4 Å². The Labute approximate surface area is 177 Å². The monoisotopic (exact) mass is 401 g/mol. The molecule has 2 aliphatic heterocycles. The fourth-order valence-corrected chi connectivity index (χ4v) is 3.21. The number of aliphatic imine (C=N–C) groups is 2. The van der Waals surface area contributed by atoms with Crippen LogP contribution in [0.25, 0.3) is 0 Å². The number of ether oxygens (including phenoxy) is 1. The number of nitrogens with zero attached hydrogens (tertiary/aromatic N) is 3. The Bertz CT molecular complexity index is 1050. The van der Waals surface area contributed by atoms with Gasteiger partial charge in [-0.1, -0.05) is 42.5 Å². The van der Waals surface area contributed by atoms with Crippen LogP contribution in [0, 0.1) is 20.8 Å². The lowest BCUT2D eigenvalue weighted by molar-refractivity contribution is 0.313. The Morgan fingerprint density at radius 2 is 1.87 bits per heavy atom. The number of fused-ring (bicyclic) bond motifs is 1. The summed E-state index contributed by atoms with van der Waals surface area (Å²) < 4.78 is 5.86. The van der Waals surface area contributed by atoms with Crippen molar-refractivity contribution in [2.75, 3.05) is 13.2 Å². The standard InChI is InChI=1S/C24H27N5O/c1-16-6-9-20(10-7-16)23-26-22-15-19(4)28-29(22)24(27-23)25-12-5-13-30-21-11-8-17(2)18(3)14-21/h6-11,14-15,28H,4-5,12-13H2,1-3H3,(H,25,26,27). The smallest absolute Gasteiger partial charge is 0.247 e. The number of benzene rings is 2. The van der Waals surface area contributed by atoms with Crippen molar-refractivity contribution in [1.82, 2.24) is 15.8 Å². The van der Waals surface area contributed by atoms with Gasteiger partial charge in [-0.15, -0.1) is 0 Å². The van der Waals surface area contributed by atoms with Crippen LogP contribution in [-0.4, -0.2) is 30.0 Å². The molecule has 0 spiro atoms. The molecule has 0 fully saturated rings. The van der Waals surface area contributed by atoms with Crippen molar-refractivity contribution >= 4 is 11.8 Å². The molecule has 0 atom stereocenters. The summed E-state index contributed by atoms with van der Waals surface area (Å²) in [6, 6.07) is 14.4. The molecule has 154 valence electrons. The molecule has 0 aromatic heterocycles. The number of allylic oxidation sites excluding steroid dienone is 1. The van der Waals surface area contributed by atoms with Gasteiger partial charge < -0.3 is 10.1 Å². The maximum absolute atomic E-state index is 5.86. The highest BCUT2D eigenvalue weighted by atomic mass is 16.5. The second kappa shape index (κ2) is 8.45. The Balaban J connectivity index is 1.43. The molecular weight excluding hydrogens is 374 g/mol. The van der Waals surface area contributed by atoms with Crippen molar-refractivity contribution in [3.63, 3.8) is 0 Å². The highest BCUT2D eigenvalue weighted by molar-refractivity contribution is 6.09. The lowest BCUT2D eigenvalue weighted by Gasteiger charge is -2.27. The molecule has 6 heteroatoms. The molecule has 0 saturated carbocycles. The van der Waals surface area contributed by atoms with Gasteiger partial charge in [-0.05, 0) is 44.0 Å². The largest absolute Gasteiger partial charge is 0.494 e. The average molecular weight is 402 g/mol. The minimum Gasteiger partial charge on any atom is -0.494 e. The zero-order chi connectivity index (χ0) is 21.1. The van der Waals surface area contributed by atoms with E-state index in [2.05, 4.69) is 74.5 Å². The first-order valence-corrected chi connectivity index (χ1v) is 10.1. The zero-order valence-electron chi connectivity index (χ0n) is 17.7. The number of hydrogen-bond donors (Lipinski definition) is 2. The first-order valence-electron chi connectivity index (χ1n) is 10.1. The fraction of sp³-hybridized carbons (Fsp3) is 0.250. The summed E-state index contributed by atoms with van der Waals surface area (Å²) >= 11 is 0. The van der Waals surface area contributed by atoms with Gasteiger partial charge >= 0.3 is 0 Å². The number of amidine groups is 1. The minimum atomic E-state index is 0.606. The Hall–Kier alpha value is -3.54. The molecular formula is C24H27N5O. The number of hydrazine groups is 1. The number of hydrogen-bond acceptors (Lipinski definition) is 4. The third kappa shape index (κ3) is 4.38. The summed E-state index contributed by atoms with van der Waals surface area (Å²) in [4.78, 5) is 9.44. The van der Waals surface area contributed by atoms with Crippen molar-refractivity contribution in [2.45, 2.75) is 27.2 Å². The highest BCUT2D eigenvalue weighted by Crippen LogP contribution is 2.19. The van der Waals surface area contributed by atoms with Gasteiger partial charge in [0.25, 0.3) is 0 Å². The van der Waals surface area contributed by atoms with Gasteiger partial charge in [0.15, 0.2) is 0 Å². The fourth-order valence-electron chi connectivity index (χ4n) is 3.21. The summed E-state index contributed by atoms with van der Waals surface area (Å²) in [5.74, 6) is 3.16. The SMILES string of the molecule is C=C1C=C2NC(c3ccc(C)cc3)=NC(=NCCCOc3ccc(C)c(C)c3)N2N1. The van der Waals surface area contributed by atoms with E-state index in [0.717, 1.165) is 35.1 Å². The van der Waals surface area contributed by atoms with Crippen molar-refractivity contribution < 1.29 is 4.74 Å². The van der Waals surface area contributed by atoms with Crippen LogP contribution in [0.1, 0.15) is 28.7 Å². The topological polar surface area (TPSA) is 61.3 Å². The molecule has 0 amide bonds. The van der Waals surface area contributed by atoms with Crippen LogP contribution in [0.15, 0.2) is 76.6 Å². The minimum absolute atomic E-state index is 0.606. The third-order valence-corrected chi connectivity index (χ3v) is 5.09. The lowest BCUT2D eigenvalue weighted by Crippen LogP contribution is -2.47. The molecule has 0 unspecified atom stereocenters. The van der Waals surface area contributed by atoms with Crippen LogP contribution in [0.2, 0.25) is 0 Å². The van der Waals surface area contributed by atoms with Crippen LogP contribution in [0.3, 0.4) is 0 Å². The van der Waals surface area contributed by atoms with E-state index in [4.69, 9.17) is 14.7 Å². The Morgan fingerprint density at radius 3 is 2.63 bits per heavy atom. The molecule has 30 heavy (non-hydrogen) atoms. The van der Waals surface area contributed by atoms with Gasteiger partial charge in [-0.3, -0.25) is 5.43 Å². The van der Waals surface area contributed by atoms with E-state index >= 15 is 0 Å². The molecule has 6 nitrogen and oxygen atoms in total. The van der Waals surface area contributed by atoms with Crippen molar-refractivity contribution in [3.8, 4) is 5.75 Å². The van der Waals surface area contributed by atoms with Gasteiger partial charge in [-0.25, -0.2) is 10.0 Å². The first-order chi connectivity index (χ1) is 14.5. The van der Waals surface area contributed by atoms with E-state index in [9.17, 15) is 0 Å². The lowest BCUT2D eigenvalue weighted by atomic mass is 10.1. The van der Waals surface area contributed by atoms with E-state index in [-0.39, 0.29) is 0 Å². The molecule has 0 aliphatic carbocycles. The number of nitrogens with one attached hydrogen (secondary N) is 2. The third-order valence-electron chi connectivity index (χ3n) is 5.09. The predicted octanol–water partition coefficient (Wildman–Crippen LogP) is 3.96. The van der Waals surface area contributed by atoms with E-state index in [1.807, 2.05) is 17.2 Å². The van der Waals surface area contributed by atoms with E-state index in [0.29, 0.717) is 19.1 Å². The van der Waals surface area contributed by atoms with Crippen LogP contribution in [0.4, 0.5) is 0 Å². The number of rotatable bonds is 6. The van der Waals surface area contributed by atoms with Crippen molar-refractivity contribution in [3.05, 3.63) is 88.9 Å². The van der Waals surface area contributed by atoms with Gasteiger partial charge in [0, 0.05) is 24.6 Å². The molecule has 2 aromatic carbocycles. The van der Waals surface area contributed by atoms with E-state index in [1.165, 1.54) is 16.7 Å². The normalized spacial score (nSPS) is 16.6. The van der Waals surface area contributed by atoms with Crippen LogP contribution in [0.5, 0.6) is 5.75 Å². The predicted molar refractivity (Wildman–Crippen MR) is 121 cm³/mol. The average Bonchev–Trinajstić information content (AvgIpc) is 3.11. The Kier molecular flexibility index (Phi) is 5.57. The van der Waals surface area contributed by atoms with Crippen LogP contribution >= 0.6 is 0 Å². The summed E-state index contributed by atoms with van der Waals surface area (Å²) in [5, 5.41) is 5.18. The maximum atomic E-state index is 5.86. The maximum Gasteiger partial charge on any atom is 0.247 e. The van der Waals surface area contributed by atoms with Gasteiger partial charge in [-0.2, -0.15) is 4.99 Å². The molecule has 2 N–H and O–H groups in total. The molecule has 2 heterocycles. The van der Waals surface area contributed by atoms with Crippen LogP contribution < -0.4 is 15.5 Å². The number of guanidine groups is 1.